The highest BCUT2D eigenvalue weighted by molar-refractivity contribution is 5.88. The minimum Gasteiger partial charge on any atom is -0.396 e. The molecule has 0 aliphatic carbocycles. The summed E-state index contributed by atoms with van der Waals surface area (Å²) in [6.07, 6.45) is 0.704. The molecule has 0 fully saturated rings. The van der Waals surface area contributed by atoms with Crippen molar-refractivity contribution in [3.05, 3.63) is 65.2 Å². The van der Waals surface area contributed by atoms with E-state index in [9.17, 15) is 14.7 Å². The van der Waals surface area contributed by atoms with Gasteiger partial charge in [-0.15, -0.1) is 0 Å². The number of aliphatic hydroxyl groups is 1. The number of aliphatic hydroxyl groups excluding tert-OH is 1. The Balaban J connectivity index is 1.77. The molecule has 2 aromatic carbocycles. The van der Waals surface area contributed by atoms with Crippen LogP contribution in [0.5, 0.6) is 0 Å². The summed E-state index contributed by atoms with van der Waals surface area (Å²) in [7, 11) is 0. The molecule has 2 aromatic rings. The van der Waals surface area contributed by atoms with Gasteiger partial charge < -0.3 is 21.1 Å². The molecule has 0 aliphatic heterocycles. The SMILES string of the molecule is CC(=O)Nc1cccc(CNC(=O)NC[C@@H](CO)Cc2ccc(C)cc2)c1. The first-order valence-corrected chi connectivity index (χ1v) is 9.01. The second-order valence-corrected chi connectivity index (χ2v) is 6.68. The van der Waals surface area contributed by atoms with Gasteiger partial charge in [0.25, 0.3) is 0 Å². The molecule has 0 bridgehead atoms. The molecule has 27 heavy (non-hydrogen) atoms. The lowest BCUT2D eigenvalue weighted by Gasteiger charge is -2.16. The third-order valence-corrected chi connectivity index (χ3v) is 4.15. The molecule has 3 amide bonds. The van der Waals surface area contributed by atoms with E-state index in [1.54, 1.807) is 6.07 Å². The van der Waals surface area contributed by atoms with Gasteiger partial charge in [-0.3, -0.25) is 4.79 Å². The van der Waals surface area contributed by atoms with E-state index < -0.39 is 0 Å². The number of rotatable bonds is 8. The van der Waals surface area contributed by atoms with Crippen molar-refractivity contribution < 1.29 is 14.7 Å². The van der Waals surface area contributed by atoms with Crippen molar-refractivity contribution in [1.82, 2.24) is 10.6 Å². The maximum absolute atomic E-state index is 12.0. The van der Waals surface area contributed by atoms with Crippen LogP contribution in [0.1, 0.15) is 23.6 Å². The Kier molecular flexibility index (Phi) is 7.82. The van der Waals surface area contributed by atoms with E-state index in [1.807, 2.05) is 49.4 Å². The molecular formula is C21H27N3O3. The van der Waals surface area contributed by atoms with Crippen LogP contribution in [0.4, 0.5) is 10.5 Å². The summed E-state index contributed by atoms with van der Waals surface area (Å²) in [6, 6.07) is 15.2. The summed E-state index contributed by atoms with van der Waals surface area (Å²) < 4.78 is 0. The molecule has 6 heteroatoms. The molecule has 0 aliphatic rings. The van der Waals surface area contributed by atoms with Crippen LogP contribution in [0, 0.1) is 12.8 Å². The zero-order valence-electron chi connectivity index (χ0n) is 15.8. The number of hydrogen-bond acceptors (Lipinski definition) is 3. The third kappa shape index (κ3) is 7.50. The Bertz CT molecular complexity index is 760. The molecule has 0 unspecified atom stereocenters. The van der Waals surface area contributed by atoms with E-state index in [0.29, 0.717) is 25.2 Å². The quantitative estimate of drug-likeness (QED) is 0.576. The van der Waals surface area contributed by atoms with Gasteiger partial charge in [0.15, 0.2) is 0 Å². The molecular weight excluding hydrogens is 342 g/mol. The summed E-state index contributed by atoms with van der Waals surface area (Å²) >= 11 is 0. The van der Waals surface area contributed by atoms with Crippen molar-refractivity contribution >= 4 is 17.6 Å². The molecule has 0 aromatic heterocycles. The van der Waals surface area contributed by atoms with Crippen LogP contribution in [-0.4, -0.2) is 30.2 Å². The summed E-state index contributed by atoms with van der Waals surface area (Å²) in [5, 5.41) is 17.9. The monoisotopic (exact) mass is 369 g/mol. The van der Waals surface area contributed by atoms with Crippen molar-refractivity contribution in [1.29, 1.82) is 0 Å². The number of nitrogens with one attached hydrogen (secondary N) is 3. The molecule has 0 radical (unpaired) electrons. The van der Waals surface area contributed by atoms with Gasteiger partial charge in [0, 0.05) is 38.2 Å². The lowest BCUT2D eigenvalue weighted by atomic mass is 9.99. The average Bonchev–Trinajstić information content (AvgIpc) is 2.64. The molecule has 6 nitrogen and oxygen atoms in total. The predicted octanol–water partition coefficient (Wildman–Crippen LogP) is 2.60. The highest BCUT2D eigenvalue weighted by Gasteiger charge is 2.10. The highest BCUT2D eigenvalue weighted by atomic mass is 16.3. The van der Waals surface area contributed by atoms with Gasteiger partial charge in [0.2, 0.25) is 5.91 Å². The Labute approximate surface area is 160 Å². The fourth-order valence-corrected chi connectivity index (χ4v) is 2.70. The lowest BCUT2D eigenvalue weighted by molar-refractivity contribution is -0.114. The topological polar surface area (TPSA) is 90.5 Å². The van der Waals surface area contributed by atoms with Gasteiger partial charge in [-0.2, -0.15) is 0 Å². The van der Waals surface area contributed by atoms with Crippen LogP contribution in [0.3, 0.4) is 0 Å². The third-order valence-electron chi connectivity index (χ3n) is 4.15. The predicted molar refractivity (Wildman–Crippen MR) is 106 cm³/mol. The second kappa shape index (κ2) is 10.3. The molecule has 0 saturated carbocycles. The zero-order chi connectivity index (χ0) is 19.6. The van der Waals surface area contributed by atoms with Crippen LogP contribution < -0.4 is 16.0 Å². The van der Waals surface area contributed by atoms with E-state index in [-0.39, 0.29) is 24.5 Å². The average molecular weight is 369 g/mol. The van der Waals surface area contributed by atoms with E-state index in [1.165, 1.54) is 12.5 Å². The summed E-state index contributed by atoms with van der Waals surface area (Å²) in [4.78, 5) is 23.1. The molecule has 0 spiro atoms. The van der Waals surface area contributed by atoms with Gasteiger partial charge in [0.05, 0.1) is 0 Å². The molecule has 1 atom stereocenters. The number of carbonyl (C=O) groups excluding carboxylic acids is 2. The van der Waals surface area contributed by atoms with Gasteiger partial charge in [-0.1, -0.05) is 42.0 Å². The number of benzene rings is 2. The highest BCUT2D eigenvalue weighted by Crippen LogP contribution is 2.11. The summed E-state index contributed by atoms with van der Waals surface area (Å²) in [5.74, 6) is -0.178. The van der Waals surface area contributed by atoms with Crippen LogP contribution in [-0.2, 0) is 17.8 Å². The normalized spacial score (nSPS) is 11.5. The van der Waals surface area contributed by atoms with Crippen molar-refractivity contribution in [2.45, 2.75) is 26.8 Å². The van der Waals surface area contributed by atoms with Gasteiger partial charge in [-0.25, -0.2) is 4.79 Å². The first-order valence-electron chi connectivity index (χ1n) is 9.01. The smallest absolute Gasteiger partial charge is 0.315 e. The fourth-order valence-electron chi connectivity index (χ4n) is 2.70. The van der Waals surface area contributed by atoms with Gasteiger partial charge >= 0.3 is 6.03 Å². The first kappa shape index (κ1) is 20.5. The molecule has 0 heterocycles. The first-order chi connectivity index (χ1) is 13.0. The second-order valence-electron chi connectivity index (χ2n) is 6.68. The van der Waals surface area contributed by atoms with Crippen LogP contribution in [0.2, 0.25) is 0 Å². The molecule has 144 valence electrons. The Morgan fingerprint density at radius 3 is 2.44 bits per heavy atom. The van der Waals surface area contributed by atoms with E-state index in [2.05, 4.69) is 16.0 Å². The van der Waals surface area contributed by atoms with Crippen LogP contribution in [0.15, 0.2) is 48.5 Å². The number of urea groups is 1. The van der Waals surface area contributed by atoms with E-state index >= 15 is 0 Å². The van der Waals surface area contributed by atoms with Gasteiger partial charge in [0.1, 0.15) is 0 Å². The minimum atomic E-state index is -0.290. The number of aryl methyl sites for hydroxylation is 1. The van der Waals surface area contributed by atoms with Crippen LogP contribution in [0.25, 0.3) is 0 Å². The lowest BCUT2D eigenvalue weighted by Crippen LogP contribution is -2.39. The van der Waals surface area contributed by atoms with Gasteiger partial charge in [-0.05, 0) is 36.6 Å². The summed E-state index contributed by atoms with van der Waals surface area (Å²) in [6.45, 7) is 4.23. The maximum atomic E-state index is 12.0. The van der Waals surface area contributed by atoms with Crippen molar-refractivity contribution in [2.24, 2.45) is 5.92 Å². The van der Waals surface area contributed by atoms with Crippen LogP contribution >= 0.6 is 0 Å². The standard InChI is InChI=1S/C21H27N3O3/c1-15-6-8-17(9-7-15)10-19(14-25)13-23-21(27)22-12-18-4-3-5-20(11-18)24-16(2)26/h3-9,11,19,25H,10,12-14H2,1-2H3,(H,24,26)(H2,22,23,27)/t19-/m0/s1. The molecule has 2 rings (SSSR count). The largest absolute Gasteiger partial charge is 0.396 e. The minimum absolute atomic E-state index is 0.00686. The fraction of sp³-hybridized carbons (Fsp3) is 0.333. The Morgan fingerprint density at radius 1 is 1.04 bits per heavy atom. The van der Waals surface area contributed by atoms with Crippen molar-refractivity contribution in [3.8, 4) is 0 Å². The Morgan fingerprint density at radius 2 is 1.78 bits per heavy atom. The number of amides is 3. The van der Waals surface area contributed by atoms with E-state index in [0.717, 1.165) is 11.1 Å². The van der Waals surface area contributed by atoms with Crippen molar-refractivity contribution in [2.75, 3.05) is 18.5 Å². The molecule has 0 saturated heterocycles. The Hall–Kier alpha value is -2.86. The maximum Gasteiger partial charge on any atom is 0.315 e. The van der Waals surface area contributed by atoms with E-state index in [4.69, 9.17) is 0 Å². The zero-order valence-corrected chi connectivity index (χ0v) is 15.8. The van der Waals surface area contributed by atoms with Crippen molar-refractivity contribution in [3.63, 3.8) is 0 Å². The summed E-state index contributed by atoms with van der Waals surface area (Å²) in [5.41, 5.74) is 3.91. The molecule has 4 N–H and O–H groups in total. The number of hydrogen-bond donors (Lipinski definition) is 4. The number of carbonyl (C=O) groups is 2. The number of anilines is 1.